The predicted octanol–water partition coefficient (Wildman–Crippen LogP) is 3.32. The lowest BCUT2D eigenvalue weighted by Gasteiger charge is -2.11. The van der Waals surface area contributed by atoms with E-state index in [1.165, 1.54) is 6.20 Å². The normalized spacial score (nSPS) is 11.1. The first-order chi connectivity index (χ1) is 9.02. The molecule has 0 spiro atoms. The maximum atomic E-state index is 11.6. The Hall–Kier alpha value is -1.17. The molecule has 0 atom stereocenters. The Balaban J connectivity index is 4.06. The van der Waals surface area contributed by atoms with E-state index in [0.29, 0.717) is 12.2 Å². The van der Waals surface area contributed by atoms with Crippen molar-refractivity contribution in [3.8, 4) is 0 Å². The van der Waals surface area contributed by atoms with Gasteiger partial charge in [-0.1, -0.05) is 39.0 Å². The van der Waals surface area contributed by atoms with E-state index < -0.39 is 12.1 Å². The second-order valence-corrected chi connectivity index (χ2v) is 4.48. The van der Waals surface area contributed by atoms with Crippen LogP contribution >= 0.6 is 12.8 Å². The summed E-state index contributed by atoms with van der Waals surface area (Å²) in [5.74, 6) is -0.445. The summed E-state index contributed by atoms with van der Waals surface area (Å²) in [6.45, 7) is 6.04. The highest BCUT2D eigenvalue weighted by atomic mass is 32.1. The lowest BCUT2D eigenvalue weighted by molar-refractivity contribution is -0.139. The van der Waals surface area contributed by atoms with Crippen LogP contribution in [0.2, 0.25) is 0 Å². The zero-order valence-electron chi connectivity index (χ0n) is 11.8. The molecule has 110 valence electrons. The first kappa shape index (κ1) is 17.8. The highest BCUT2D eigenvalue weighted by Crippen LogP contribution is 2.06. The minimum absolute atomic E-state index is 0.255. The Morgan fingerprint density at radius 1 is 1.16 bits per heavy atom. The Labute approximate surface area is 120 Å². The molecule has 0 saturated carbocycles. The Morgan fingerprint density at radius 3 is 2.42 bits per heavy atom. The summed E-state index contributed by atoms with van der Waals surface area (Å²) in [6, 6.07) is 0. The molecule has 0 aliphatic heterocycles. The number of rotatable bonds is 8. The average molecular weight is 289 g/mol. The van der Waals surface area contributed by atoms with Crippen LogP contribution in [0.4, 0.5) is 4.79 Å². The van der Waals surface area contributed by atoms with E-state index in [1.54, 1.807) is 13.8 Å². The Bertz CT molecular complexity index is 318. The first-order valence-electron chi connectivity index (χ1n) is 6.53. The van der Waals surface area contributed by atoms with Crippen LogP contribution in [0.15, 0.2) is 11.8 Å². The van der Waals surface area contributed by atoms with Crippen LogP contribution in [0, 0.1) is 0 Å². The molecule has 5 nitrogen and oxygen atoms in total. The van der Waals surface area contributed by atoms with Gasteiger partial charge < -0.3 is 9.47 Å². The number of esters is 1. The molecule has 0 N–H and O–H groups in total. The van der Waals surface area contributed by atoms with Crippen LogP contribution in [0.1, 0.15) is 46.5 Å². The van der Waals surface area contributed by atoms with Crippen LogP contribution in [-0.4, -0.2) is 29.6 Å². The van der Waals surface area contributed by atoms with E-state index in [9.17, 15) is 9.59 Å². The van der Waals surface area contributed by atoms with Crippen molar-refractivity contribution < 1.29 is 19.1 Å². The summed E-state index contributed by atoms with van der Waals surface area (Å²) in [4.78, 5) is 22.9. The molecule has 0 radical (unpaired) electrons. The molecule has 0 bridgehead atoms. The quantitative estimate of drug-likeness (QED) is 0.322. The van der Waals surface area contributed by atoms with Crippen molar-refractivity contribution in [2.45, 2.75) is 46.5 Å². The maximum absolute atomic E-state index is 11.6. The van der Waals surface area contributed by atoms with Crippen LogP contribution in [0.5, 0.6) is 0 Å². The summed E-state index contributed by atoms with van der Waals surface area (Å²) >= 11 is 3.90. The van der Waals surface area contributed by atoms with Gasteiger partial charge in [0.05, 0.1) is 18.8 Å². The minimum Gasteiger partial charge on any atom is -0.462 e. The van der Waals surface area contributed by atoms with Crippen molar-refractivity contribution in [3.05, 3.63) is 11.8 Å². The molecule has 0 aliphatic carbocycles. The summed E-state index contributed by atoms with van der Waals surface area (Å²) in [5.41, 5.74) is 0.304. The second-order valence-electron chi connectivity index (χ2n) is 4.05. The van der Waals surface area contributed by atoms with Gasteiger partial charge >= 0.3 is 12.1 Å². The number of unbranched alkanes of at least 4 members (excludes halogenated alkanes) is 3. The van der Waals surface area contributed by atoms with Gasteiger partial charge in [-0.15, -0.1) is 0 Å². The SMILES string of the molecule is CCCCCCOC(=O)C(C)=CN(S)C(=O)OCC. The topological polar surface area (TPSA) is 55.8 Å². The molecule has 0 aromatic rings. The van der Waals surface area contributed by atoms with Crippen LogP contribution in [-0.2, 0) is 14.3 Å². The maximum Gasteiger partial charge on any atom is 0.423 e. The van der Waals surface area contributed by atoms with Gasteiger partial charge in [-0.25, -0.2) is 13.9 Å². The number of hydrogen-bond acceptors (Lipinski definition) is 5. The van der Waals surface area contributed by atoms with E-state index in [4.69, 9.17) is 9.47 Å². The van der Waals surface area contributed by atoms with Crippen LogP contribution < -0.4 is 0 Å². The fraction of sp³-hybridized carbons (Fsp3) is 0.692. The van der Waals surface area contributed by atoms with Gasteiger partial charge in [0.1, 0.15) is 0 Å². The predicted molar refractivity (Wildman–Crippen MR) is 76.7 cm³/mol. The van der Waals surface area contributed by atoms with Gasteiger partial charge in [0, 0.05) is 6.20 Å². The number of thiol groups is 1. The van der Waals surface area contributed by atoms with Crippen molar-refractivity contribution >= 4 is 24.9 Å². The van der Waals surface area contributed by atoms with Gasteiger partial charge in [0.25, 0.3) is 0 Å². The van der Waals surface area contributed by atoms with E-state index in [-0.39, 0.29) is 6.61 Å². The molecule has 0 rings (SSSR count). The van der Waals surface area contributed by atoms with E-state index in [2.05, 4.69) is 19.7 Å². The molecule has 6 heteroatoms. The van der Waals surface area contributed by atoms with Crippen molar-refractivity contribution in [3.63, 3.8) is 0 Å². The molecule has 0 aromatic carbocycles. The molecular formula is C13H23NO4S. The molecule has 0 fully saturated rings. The number of nitrogens with zero attached hydrogens (tertiary/aromatic N) is 1. The standard InChI is InChI=1S/C13H23NO4S/c1-4-6-7-8-9-18-12(15)11(3)10-14(19)13(16)17-5-2/h10,19H,4-9H2,1-3H3. The Kier molecular flexibility index (Phi) is 10.1. The summed E-state index contributed by atoms with van der Waals surface area (Å²) in [6.07, 6.45) is 4.85. The largest absolute Gasteiger partial charge is 0.462 e. The number of hydrogen-bond donors (Lipinski definition) is 1. The molecule has 0 saturated heterocycles. The molecule has 0 heterocycles. The van der Waals surface area contributed by atoms with Gasteiger partial charge in [0.15, 0.2) is 0 Å². The molecular weight excluding hydrogens is 266 g/mol. The monoisotopic (exact) mass is 289 g/mol. The van der Waals surface area contributed by atoms with Crippen LogP contribution in [0.25, 0.3) is 0 Å². The molecule has 19 heavy (non-hydrogen) atoms. The molecule has 0 unspecified atom stereocenters. The average Bonchev–Trinajstić information content (AvgIpc) is 2.38. The lowest BCUT2D eigenvalue weighted by Crippen LogP contribution is -2.19. The van der Waals surface area contributed by atoms with E-state index in [1.807, 2.05) is 0 Å². The number of carbonyl (C=O) groups is 2. The molecule has 0 aromatic heterocycles. The number of carbonyl (C=O) groups excluding carboxylic acids is 2. The van der Waals surface area contributed by atoms with Crippen molar-refractivity contribution in [1.29, 1.82) is 0 Å². The fourth-order valence-electron chi connectivity index (χ4n) is 1.29. The van der Waals surface area contributed by atoms with E-state index in [0.717, 1.165) is 30.0 Å². The van der Waals surface area contributed by atoms with Gasteiger partial charge in [-0.2, -0.15) is 0 Å². The fourth-order valence-corrected chi connectivity index (χ4v) is 1.52. The highest BCUT2D eigenvalue weighted by Gasteiger charge is 2.12. The van der Waals surface area contributed by atoms with Crippen molar-refractivity contribution in [2.24, 2.45) is 0 Å². The summed E-state index contributed by atoms with van der Waals surface area (Å²) in [7, 11) is 0. The molecule has 0 aliphatic rings. The third kappa shape index (κ3) is 8.53. The van der Waals surface area contributed by atoms with Gasteiger partial charge in [-0.05, 0) is 20.3 Å². The van der Waals surface area contributed by atoms with Crippen molar-refractivity contribution in [2.75, 3.05) is 13.2 Å². The van der Waals surface area contributed by atoms with Crippen molar-refractivity contribution in [1.82, 2.24) is 4.31 Å². The Morgan fingerprint density at radius 2 is 1.84 bits per heavy atom. The third-order valence-electron chi connectivity index (χ3n) is 2.32. The van der Waals surface area contributed by atoms with Gasteiger partial charge in [0.2, 0.25) is 0 Å². The zero-order chi connectivity index (χ0) is 14.7. The first-order valence-corrected chi connectivity index (χ1v) is 6.93. The smallest absolute Gasteiger partial charge is 0.423 e. The summed E-state index contributed by atoms with van der Waals surface area (Å²) in [5, 5.41) is 0. The second kappa shape index (κ2) is 10.7. The summed E-state index contributed by atoms with van der Waals surface area (Å²) < 4.78 is 10.7. The van der Waals surface area contributed by atoms with E-state index >= 15 is 0 Å². The van der Waals surface area contributed by atoms with Gasteiger partial charge in [-0.3, -0.25) is 0 Å². The highest BCUT2D eigenvalue weighted by molar-refractivity contribution is 7.78. The number of ether oxygens (including phenoxy) is 2. The third-order valence-corrected chi connectivity index (χ3v) is 2.60. The molecule has 1 amide bonds. The number of amides is 1. The minimum atomic E-state index is -0.624. The zero-order valence-corrected chi connectivity index (χ0v) is 12.7. The van der Waals surface area contributed by atoms with Crippen LogP contribution in [0.3, 0.4) is 0 Å². The lowest BCUT2D eigenvalue weighted by atomic mass is 10.2.